The van der Waals surface area contributed by atoms with Crippen molar-refractivity contribution in [1.82, 2.24) is 0 Å². The van der Waals surface area contributed by atoms with E-state index in [0.29, 0.717) is 6.42 Å². The molecule has 4 nitrogen and oxygen atoms in total. The number of hydrogen-bond donors (Lipinski definition) is 1. The third-order valence-corrected chi connectivity index (χ3v) is 4.24. The maximum atomic E-state index is 11.5. The SMILES string of the molecule is O=C=NC1(c2cccc3c2CCC(=O)N3)CCCC1. The number of fused-ring (bicyclic) bond motifs is 1. The second-order valence-corrected chi connectivity index (χ2v) is 5.32. The summed E-state index contributed by atoms with van der Waals surface area (Å²) < 4.78 is 0. The van der Waals surface area contributed by atoms with Crippen LogP contribution >= 0.6 is 0 Å². The summed E-state index contributed by atoms with van der Waals surface area (Å²) in [5.41, 5.74) is 2.71. The van der Waals surface area contributed by atoms with Gasteiger partial charge in [0.15, 0.2) is 0 Å². The lowest BCUT2D eigenvalue weighted by molar-refractivity contribution is -0.116. The lowest BCUT2D eigenvalue weighted by atomic mass is 9.82. The van der Waals surface area contributed by atoms with Crippen LogP contribution < -0.4 is 5.32 Å². The molecule has 0 atom stereocenters. The summed E-state index contributed by atoms with van der Waals surface area (Å²) in [4.78, 5) is 26.4. The van der Waals surface area contributed by atoms with Gasteiger partial charge in [0.2, 0.25) is 12.0 Å². The van der Waals surface area contributed by atoms with Crippen LogP contribution in [0, 0.1) is 0 Å². The molecule has 0 spiro atoms. The molecule has 19 heavy (non-hydrogen) atoms. The van der Waals surface area contributed by atoms with E-state index in [2.05, 4.69) is 10.3 Å². The number of isocyanates is 1. The zero-order valence-electron chi connectivity index (χ0n) is 10.7. The quantitative estimate of drug-likeness (QED) is 0.653. The highest BCUT2D eigenvalue weighted by Gasteiger charge is 2.38. The Morgan fingerprint density at radius 3 is 2.74 bits per heavy atom. The Labute approximate surface area is 111 Å². The van der Waals surface area contributed by atoms with E-state index < -0.39 is 5.54 Å². The Morgan fingerprint density at radius 1 is 1.21 bits per heavy atom. The molecule has 3 rings (SSSR count). The summed E-state index contributed by atoms with van der Waals surface area (Å²) in [6.07, 6.45) is 6.95. The number of nitrogens with one attached hydrogen (secondary N) is 1. The molecular weight excluding hydrogens is 240 g/mol. The third kappa shape index (κ3) is 1.98. The van der Waals surface area contributed by atoms with E-state index in [-0.39, 0.29) is 5.91 Å². The largest absolute Gasteiger partial charge is 0.326 e. The van der Waals surface area contributed by atoms with Crippen molar-refractivity contribution in [2.75, 3.05) is 5.32 Å². The fourth-order valence-corrected chi connectivity index (χ4v) is 3.35. The molecule has 1 aliphatic carbocycles. The van der Waals surface area contributed by atoms with Crippen LogP contribution in [0.4, 0.5) is 5.69 Å². The lowest BCUT2D eigenvalue weighted by Gasteiger charge is -2.29. The lowest BCUT2D eigenvalue weighted by Crippen LogP contribution is -2.26. The maximum Gasteiger partial charge on any atom is 0.235 e. The molecule has 1 fully saturated rings. The monoisotopic (exact) mass is 256 g/mol. The van der Waals surface area contributed by atoms with Gasteiger partial charge in [-0.25, -0.2) is 4.79 Å². The Bertz CT molecular complexity index is 568. The van der Waals surface area contributed by atoms with Crippen molar-refractivity contribution in [1.29, 1.82) is 0 Å². The van der Waals surface area contributed by atoms with Crippen LogP contribution in [0.2, 0.25) is 0 Å². The molecule has 1 aromatic carbocycles. The number of rotatable bonds is 2. The van der Waals surface area contributed by atoms with Gasteiger partial charge >= 0.3 is 0 Å². The summed E-state index contributed by atoms with van der Waals surface area (Å²) in [5, 5.41) is 2.90. The van der Waals surface area contributed by atoms with Gasteiger partial charge in [-0.05, 0) is 36.5 Å². The summed E-state index contributed by atoms with van der Waals surface area (Å²) in [5.74, 6) is 0.0593. The van der Waals surface area contributed by atoms with E-state index in [1.54, 1.807) is 6.08 Å². The minimum atomic E-state index is -0.408. The fourth-order valence-electron chi connectivity index (χ4n) is 3.35. The van der Waals surface area contributed by atoms with E-state index in [0.717, 1.165) is 48.9 Å². The highest BCUT2D eigenvalue weighted by Crippen LogP contribution is 2.45. The first-order valence-electron chi connectivity index (χ1n) is 6.76. The molecule has 4 heteroatoms. The van der Waals surface area contributed by atoms with E-state index in [4.69, 9.17) is 0 Å². The molecular formula is C15H16N2O2. The Balaban J connectivity index is 2.12. The number of anilines is 1. The molecule has 1 N–H and O–H groups in total. The number of benzene rings is 1. The zero-order chi connectivity index (χ0) is 13.3. The summed E-state index contributed by atoms with van der Waals surface area (Å²) in [7, 11) is 0. The first-order chi connectivity index (χ1) is 9.25. The van der Waals surface area contributed by atoms with Gasteiger partial charge in [0, 0.05) is 12.1 Å². The molecule has 0 radical (unpaired) electrons. The predicted octanol–water partition coefficient (Wildman–Crippen LogP) is 2.68. The molecule has 0 unspecified atom stereocenters. The van der Waals surface area contributed by atoms with Crippen LogP contribution in [0.15, 0.2) is 23.2 Å². The van der Waals surface area contributed by atoms with Gasteiger partial charge in [-0.2, -0.15) is 4.99 Å². The van der Waals surface area contributed by atoms with E-state index in [9.17, 15) is 9.59 Å². The molecule has 0 aromatic heterocycles. The van der Waals surface area contributed by atoms with Crippen LogP contribution in [0.25, 0.3) is 0 Å². The van der Waals surface area contributed by atoms with Gasteiger partial charge in [-0.3, -0.25) is 4.79 Å². The van der Waals surface area contributed by atoms with Crippen molar-refractivity contribution in [2.24, 2.45) is 4.99 Å². The second kappa shape index (κ2) is 4.63. The van der Waals surface area contributed by atoms with Crippen molar-refractivity contribution >= 4 is 17.7 Å². The smallest absolute Gasteiger partial charge is 0.235 e. The molecule has 1 heterocycles. The minimum Gasteiger partial charge on any atom is -0.326 e. The van der Waals surface area contributed by atoms with Gasteiger partial charge in [-0.1, -0.05) is 25.0 Å². The van der Waals surface area contributed by atoms with Gasteiger partial charge in [0.05, 0.1) is 5.54 Å². The Kier molecular flexibility index (Phi) is 2.96. The molecule has 1 aliphatic heterocycles. The fraction of sp³-hybridized carbons (Fsp3) is 0.467. The van der Waals surface area contributed by atoms with Crippen molar-refractivity contribution in [2.45, 2.75) is 44.1 Å². The van der Waals surface area contributed by atoms with Crippen LogP contribution in [0.1, 0.15) is 43.2 Å². The number of carbonyl (C=O) groups excluding carboxylic acids is 2. The third-order valence-electron chi connectivity index (χ3n) is 4.24. The van der Waals surface area contributed by atoms with Gasteiger partial charge in [0.25, 0.3) is 0 Å². The van der Waals surface area contributed by atoms with Crippen molar-refractivity contribution in [3.05, 3.63) is 29.3 Å². The second-order valence-electron chi connectivity index (χ2n) is 5.32. The average Bonchev–Trinajstić information content (AvgIpc) is 2.88. The summed E-state index contributed by atoms with van der Waals surface area (Å²) in [6, 6.07) is 5.89. The van der Waals surface area contributed by atoms with Crippen LogP contribution in [0.5, 0.6) is 0 Å². The number of hydrogen-bond acceptors (Lipinski definition) is 3. The normalized spacial score (nSPS) is 20.3. The minimum absolute atomic E-state index is 0.0593. The van der Waals surface area contributed by atoms with Crippen molar-refractivity contribution < 1.29 is 9.59 Å². The molecule has 0 bridgehead atoms. The maximum absolute atomic E-state index is 11.5. The highest BCUT2D eigenvalue weighted by molar-refractivity contribution is 5.94. The van der Waals surface area contributed by atoms with E-state index >= 15 is 0 Å². The standard InChI is InChI=1S/C15H16N2O2/c18-10-16-15(8-1-2-9-15)12-4-3-5-13-11(12)6-7-14(19)17-13/h3-5H,1-2,6-9H2,(H,17,19). The van der Waals surface area contributed by atoms with E-state index in [1.807, 2.05) is 18.2 Å². The molecule has 1 amide bonds. The number of carbonyl (C=O) groups is 1. The van der Waals surface area contributed by atoms with Gasteiger partial charge in [0.1, 0.15) is 0 Å². The molecule has 98 valence electrons. The van der Waals surface area contributed by atoms with Gasteiger partial charge in [-0.15, -0.1) is 0 Å². The van der Waals surface area contributed by atoms with Crippen molar-refractivity contribution in [3.63, 3.8) is 0 Å². The van der Waals surface area contributed by atoms with Crippen molar-refractivity contribution in [3.8, 4) is 0 Å². The van der Waals surface area contributed by atoms with Crippen LogP contribution in [0.3, 0.4) is 0 Å². The summed E-state index contributed by atoms with van der Waals surface area (Å²) in [6.45, 7) is 0. The number of amides is 1. The van der Waals surface area contributed by atoms with Crippen LogP contribution in [-0.4, -0.2) is 12.0 Å². The predicted molar refractivity (Wildman–Crippen MR) is 71.7 cm³/mol. The first-order valence-corrected chi connectivity index (χ1v) is 6.76. The Morgan fingerprint density at radius 2 is 2.00 bits per heavy atom. The topological polar surface area (TPSA) is 58.5 Å². The Hall–Kier alpha value is -1.93. The number of aliphatic imine (C=N–C) groups is 1. The number of nitrogens with zero attached hydrogens (tertiary/aromatic N) is 1. The molecule has 1 aromatic rings. The highest BCUT2D eigenvalue weighted by atomic mass is 16.1. The molecule has 1 saturated carbocycles. The molecule has 0 saturated heterocycles. The van der Waals surface area contributed by atoms with E-state index in [1.165, 1.54) is 0 Å². The molecule has 2 aliphatic rings. The average molecular weight is 256 g/mol. The first kappa shape index (κ1) is 12.1. The summed E-state index contributed by atoms with van der Waals surface area (Å²) >= 11 is 0. The zero-order valence-corrected chi connectivity index (χ0v) is 10.7. The van der Waals surface area contributed by atoms with Gasteiger partial charge < -0.3 is 5.32 Å². The van der Waals surface area contributed by atoms with Crippen LogP contribution in [-0.2, 0) is 21.5 Å².